The number of thioether (sulfide) groups is 1. The number of nitrogen functional groups attached to an aromatic ring is 1. The Labute approximate surface area is 486 Å². The van der Waals surface area contributed by atoms with Crippen molar-refractivity contribution in [1.29, 1.82) is 5.26 Å². The molecular weight excluding hydrogens is 1090 g/mol. The number of benzene rings is 2. The molecular formula is C58H74F2N12O10S. The molecule has 6 heterocycles. The number of pyridine rings is 1. The van der Waals surface area contributed by atoms with Crippen molar-refractivity contribution in [2.45, 2.75) is 89.3 Å². The quantitative estimate of drug-likeness (QED) is 0.0508. The normalized spacial score (nSPS) is 19.1. The smallest absolute Gasteiger partial charge is 0.254 e. The van der Waals surface area contributed by atoms with Gasteiger partial charge in [0.1, 0.15) is 41.6 Å². The Hall–Kier alpha value is -6.92. The van der Waals surface area contributed by atoms with Gasteiger partial charge in [0.2, 0.25) is 17.7 Å². The number of ether oxygens (including phenoxy) is 5. The molecule has 0 saturated carbocycles. The molecule has 4 aromatic rings. The number of anilines is 1. The van der Waals surface area contributed by atoms with E-state index in [-0.39, 0.29) is 97.6 Å². The fraction of sp³-hybridized carbons (Fsp3) is 0.534. The van der Waals surface area contributed by atoms with Gasteiger partial charge in [0.05, 0.1) is 88.8 Å². The number of aromatic nitrogens is 3. The molecule has 0 aliphatic carbocycles. The number of carbonyl (C=O) groups excluding carboxylic acids is 5. The molecule has 4 aliphatic rings. The first-order valence-corrected chi connectivity index (χ1v) is 29.2. The first kappa shape index (κ1) is 62.1. The largest absolute Gasteiger partial charge is 0.482 e. The second kappa shape index (κ2) is 30.1. The number of halogens is 2. The van der Waals surface area contributed by atoms with Gasteiger partial charge in [0.25, 0.3) is 5.91 Å². The molecule has 5 atom stereocenters. The van der Waals surface area contributed by atoms with Crippen molar-refractivity contribution in [1.82, 2.24) is 45.4 Å². The van der Waals surface area contributed by atoms with Gasteiger partial charge in [-0.05, 0) is 114 Å². The number of carbonyl (C=O) groups is 5. The second-order valence-corrected chi connectivity index (χ2v) is 21.9. The highest BCUT2D eigenvalue weighted by Crippen LogP contribution is 2.37. The Bertz CT molecular complexity index is 2990. The molecule has 2 fully saturated rings. The van der Waals surface area contributed by atoms with E-state index in [0.29, 0.717) is 86.4 Å². The maximum atomic E-state index is 14.4. The number of nitrogens with one attached hydrogen (secondary N) is 3. The molecule has 83 heavy (non-hydrogen) atoms. The number of nitrogens with two attached hydrogens (primary N) is 1. The van der Waals surface area contributed by atoms with E-state index in [2.05, 4.69) is 31.9 Å². The molecule has 0 radical (unpaired) electrons. The minimum Gasteiger partial charge on any atom is -0.482 e. The van der Waals surface area contributed by atoms with Crippen LogP contribution in [0.5, 0.6) is 5.75 Å². The van der Waals surface area contributed by atoms with Crippen molar-refractivity contribution in [3.63, 3.8) is 0 Å². The average Bonchev–Trinajstić information content (AvgIpc) is 3.97. The molecule has 2 aromatic carbocycles. The number of nitriles is 1. The van der Waals surface area contributed by atoms with Gasteiger partial charge >= 0.3 is 0 Å². The monoisotopic (exact) mass is 1170 g/mol. The molecule has 8 rings (SSSR count). The topological polar surface area (TPSA) is 270 Å². The van der Waals surface area contributed by atoms with Crippen LogP contribution in [0.15, 0.2) is 59.7 Å². The number of aliphatic imine (C=N–C) groups is 1. The summed E-state index contributed by atoms with van der Waals surface area (Å²) < 4.78 is 58.3. The Morgan fingerprint density at radius 2 is 1.60 bits per heavy atom. The van der Waals surface area contributed by atoms with Crippen molar-refractivity contribution in [3.8, 4) is 22.9 Å². The minimum absolute atomic E-state index is 0.00915. The number of likely N-dealkylation sites (tertiary alicyclic amines) is 2. The molecule has 25 heteroatoms. The van der Waals surface area contributed by atoms with Crippen LogP contribution in [0.4, 0.5) is 14.6 Å². The van der Waals surface area contributed by atoms with Crippen molar-refractivity contribution in [2.75, 3.05) is 111 Å². The van der Waals surface area contributed by atoms with Gasteiger partial charge in [0, 0.05) is 72.9 Å². The standard InChI is InChI=1S/C58H74F2N12O10S/c1-36(63-3)55(75)67-52(58(77)71-17-5-6-47(71)56-66-46(35-83-56)53(74)39-7-9-41(59)10-8-39)38-13-18-70(19-14-38)21-23-79-25-27-81-29-28-80-26-24-78-22-15-50(73)64-16-20-72-48(32-61)51-40-30-49(54(62)65-33-40)82-37(2)44-31-42(60)11-12-43(44)57(76)69(4)34-45(51)68-72/h7-12,30-31,33,36-38,46-47,52,63H,5-6,13-29,34-35H2,1-4H3,(H2,62,65)(H,64,73)(H,67,75)/t36-,37+,46?,47-,52?/m0/s1. The van der Waals surface area contributed by atoms with Crippen molar-refractivity contribution >= 4 is 52.0 Å². The maximum absolute atomic E-state index is 14.4. The first-order valence-electron chi connectivity index (χ1n) is 28.2. The lowest BCUT2D eigenvalue weighted by atomic mass is 9.88. The number of likely N-dealkylation sites (N-methyl/N-ethyl adjacent to an activating group) is 1. The maximum Gasteiger partial charge on any atom is 0.254 e. The number of piperidine rings is 1. The van der Waals surface area contributed by atoms with Crippen LogP contribution in [0.1, 0.15) is 89.7 Å². The third kappa shape index (κ3) is 16.3. The van der Waals surface area contributed by atoms with Gasteiger partial charge in [-0.15, -0.1) is 11.8 Å². The summed E-state index contributed by atoms with van der Waals surface area (Å²) in [7, 11) is 3.30. The van der Waals surface area contributed by atoms with Crippen LogP contribution < -0.4 is 26.4 Å². The summed E-state index contributed by atoms with van der Waals surface area (Å²) in [6.07, 6.45) is 3.77. The molecule has 2 saturated heterocycles. The first-order chi connectivity index (χ1) is 40.1. The molecule has 2 aromatic heterocycles. The zero-order chi connectivity index (χ0) is 59.0. The summed E-state index contributed by atoms with van der Waals surface area (Å²) in [4.78, 5) is 82.0. The fourth-order valence-electron chi connectivity index (χ4n) is 10.5. The summed E-state index contributed by atoms with van der Waals surface area (Å²) >= 11 is 1.49. The van der Waals surface area contributed by atoms with E-state index < -0.39 is 41.8 Å². The molecule has 0 spiro atoms. The van der Waals surface area contributed by atoms with Crippen LogP contribution in [-0.4, -0.2) is 194 Å². The van der Waals surface area contributed by atoms with E-state index in [1.807, 2.05) is 4.90 Å². The average molecular weight is 1170 g/mol. The predicted molar refractivity (Wildman–Crippen MR) is 305 cm³/mol. The van der Waals surface area contributed by atoms with Gasteiger partial charge < -0.3 is 60.1 Å². The summed E-state index contributed by atoms with van der Waals surface area (Å²) in [5.41, 5.74) is 8.67. The number of nitrogens with zero attached hydrogens (tertiary/aromatic N) is 8. The molecule has 5 N–H and O–H groups in total. The Balaban J connectivity index is 0.682. The Morgan fingerprint density at radius 3 is 2.30 bits per heavy atom. The van der Waals surface area contributed by atoms with Crippen molar-refractivity contribution < 1.29 is 56.4 Å². The highest BCUT2D eigenvalue weighted by atomic mass is 32.2. The van der Waals surface area contributed by atoms with E-state index in [4.69, 9.17) is 39.5 Å². The lowest BCUT2D eigenvalue weighted by Crippen LogP contribution is -2.58. The number of amides is 4. The predicted octanol–water partition coefficient (Wildman–Crippen LogP) is 4.17. The molecule has 2 bridgehead atoms. The van der Waals surface area contributed by atoms with Crippen LogP contribution >= 0.6 is 11.8 Å². The third-order valence-corrected chi connectivity index (χ3v) is 16.4. The zero-order valence-electron chi connectivity index (χ0n) is 47.4. The van der Waals surface area contributed by atoms with Gasteiger partial charge in [-0.3, -0.25) is 33.6 Å². The lowest BCUT2D eigenvalue weighted by molar-refractivity contribution is -0.138. The number of hydrogen-bond donors (Lipinski definition) is 4. The van der Waals surface area contributed by atoms with Gasteiger partial charge in [0.15, 0.2) is 17.4 Å². The summed E-state index contributed by atoms with van der Waals surface area (Å²) in [6.45, 7) is 9.32. The van der Waals surface area contributed by atoms with Gasteiger partial charge in [-0.2, -0.15) is 10.4 Å². The second-order valence-electron chi connectivity index (χ2n) is 20.8. The van der Waals surface area contributed by atoms with Crippen molar-refractivity contribution in [3.05, 3.63) is 94.4 Å². The SMILES string of the molecule is CN[C@@H](C)C(=O)NC(C(=O)N1CCC[C@H]1C1=NC(C(=O)c2ccc(F)cc2)CS1)C1CCN(CCOCCOCCOCCOCCC(=O)NCCn2nc3c(c2C#N)-c2cnc(N)c(c2)O[C@H](C)c2cc(F)ccc2C(=O)N(C)C3)CC1. The van der Waals surface area contributed by atoms with E-state index in [1.54, 1.807) is 34.0 Å². The lowest BCUT2D eigenvalue weighted by Gasteiger charge is -2.38. The molecule has 4 amide bonds. The molecule has 2 unspecified atom stereocenters. The van der Waals surface area contributed by atoms with Gasteiger partial charge in [-0.1, -0.05) is 0 Å². The van der Waals surface area contributed by atoms with E-state index in [0.717, 1.165) is 43.8 Å². The van der Waals surface area contributed by atoms with Gasteiger partial charge in [-0.25, -0.2) is 13.8 Å². The number of ketones is 1. The summed E-state index contributed by atoms with van der Waals surface area (Å²) in [5, 5.41) is 24.7. The number of Topliss-reactive ketones (excluding diaryl/α,β-unsaturated/α-hetero) is 1. The molecule has 4 aliphatic heterocycles. The van der Waals surface area contributed by atoms with E-state index >= 15 is 0 Å². The Kier molecular flexibility index (Phi) is 22.5. The summed E-state index contributed by atoms with van der Waals surface area (Å²) in [5.74, 6) is -1.48. The number of hydrogen-bond acceptors (Lipinski definition) is 18. The van der Waals surface area contributed by atoms with E-state index in [9.17, 15) is 38.0 Å². The van der Waals surface area contributed by atoms with E-state index in [1.165, 1.54) is 70.0 Å². The zero-order valence-corrected chi connectivity index (χ0v) is 48.2. The third-order valence-electron chi connectivity index (χ3n) is 15.2. The highest BCUT2D eigenvalue weighted by Gasteiger charge is 2.43. The van der Waals surface area contributed by atoms with Crippen LogP contribution in [0, 0.1) is 28.9 Å². The van der Waals surface area contributed by atoms with Crippen LogP contribution in [-0.2, 0) is 46.4 Å². The highest BCUT2D eigenvalue weighted by molar-refractivity contribution is 8.14. The van der Waals surface area contributed by atoms with Crippen molar-refractivity contribution in [2.24, 2.45) is 10.9 Å². The van der Waals surface area contributed by atoms with Crippen LogP contribution in [0.25, 0.3) is 11.1 Å². The van der Waals surface area contributed by atoms with Crippen LogP contribution in [0.2, 0.25) is 0 Å². The Morgan fingerprint density at radius 1 is 0.916 bits per heavy atom. The number of fused-ring (bicyclic) bond motifs is 5. The fourth-order valence-corrected chi connectivity index (χ4v) is 11.7. The summed E-state index contributed by atoms with van der Waals surface area (Å²) in [6, 6.07) is 11.1. The molecule has 22 nitrogen and oxygen atoms in total. The minimum atomic E-state index is -0.770. The molecule has 446 valence electrons. The number of rotatable bonds is 26. The van der Waals surface area contributed by atoms with Crippen LogP contribution in [0.3, 0.4) is 0 Å².